The fraction of sp³-hybridized carbons (Fsp3) is 0.214. The number of methoxy groups -OCH3 is 1. The minimum Gasteiger partial charge on any atom is -0.495 e. The van der Waals surface area contributed by atoms with Gasteiger partial charge in [-0.15, -0.1) is 5.10 Å². The van der Waals surface area contributed by atoms with Gasteiger partial charge in [0.1, 0.15) is 10.6 Å². The van der Waals surface area contributed by atoms with E-state index in [1.54, 1.807) is 25.1 Å². The number of benzene rings is 1. The first kappa shape index (κ1) is 15.0. The number of nitrogens with two attached hydrogens (primary N) is 1. The molecule has 21 heavy (non-hydrogen) atoms. The third-order valence-corrected chi connectivity index (χ3v) is 3.47. The summed E-state index contributed by atoms with van der Waals surface area (Å²) in [6.07, 6.45) is 0. The van der Waals surface area contributed by atoms with Gasteiger partial charge < -0.3 is 15.8 Å². The van der Waals surface area contributed by atoms with Crippen LogP contribution in [0.15, 0.2) is 18.2 Å². The minimum atomic E-state index is -0.273. The Bertz CT molecular complexity index is 715. The molecule has 0 bridgehead atoms. The molecule has 0 saturated heterocycles. The molecule has 1 heterocycles. The zero-order valence-corrected chi connectivity index (χ0v) is 12.5. The number of rotatable bonds is 3. The van der Waals surface area contributed by atoms with E-state index in [9.17, 15) is 4.79 Å². The van der Waals surface area contributed by atoms with Gasteiger partial charge in [0.15, 0.2) is 0 Å². The van der Waals surface area contributed by atoms with Crippen LogP contribution in [0.2, 0.25) is 0 Å². The number of hydrogen-bond donors (Lipinski definition) is 2. The van der Waals surface area contributed by atoms with Gasteiger partial charge in [-0.3, -0.25) is 4.79 Å². The molecular weight excluding hydrogens is 288 g/mol. The predicted molar refractivity (Wildman–Crippen MR) is 81.5 cm³/mol. The Kier molecular flexibility index (Phi) is 4.87. The van der Waals surface area contributed by atoms with Crippen LogP contribution in [0.5, 0.6) is 5.75 Å². The Morgan fingerprint density at radius 3 is 2.95 bits per heavy atom. The first-order valence-corrected chi connectivity index (χ1v) is 6.90. The van der Waals surface area contributed by atoms with Crippen LogP contribution < -0.4 is 15.8 Å². The van der Waals surface area contributed by atoms with E-state index in [2.05, 4.69) is 26.7 Å². The maximum Gasteiger partial charge on any atom is 0.269 e. The third kappa shape index (κ3) is 3.56. The highest BCUT2D eigenvalue weighted by Crippen LogP contribution is 2.26. The number of aromatic nitrogens is 2. The molecule has 0 unspecified atom stereocenters. The van der Waals surface area contributed by atoms with Gasteiger partial charge in [0, 0.05) is 5.56 Å². The van der Waals surface area contributed by atoms with Gasteiger partial charge in [0.05, 0.1) is 25.0 Å². The van der Waals surface area contributed by atoms with Crippen molar-refractivity contribution in [3.05, 3.63) is 34.3 Å². The van der Waals surface area contributed by atoms with Crippen LogP contribution in [-0.2, 0) is 0 Å². The van der Waals surface area contributed by atoms with Crippen LogP contribution in [0, 0.1) is 18.8 Å². The van der Waals surface area contributed by atoms with Gasteiger partial charge in [0.2, 0.25) is 0 Å². The van der Waals surface area contributed by atoms with Crippen molar-refractivity contribution in [2.45, 2.75) is 6.92 Å². The van der Waals surface area contributed by atoms with Gasteiger partial charge >= 0.3 is 0 Å². The molecule has 0 fully saturated rings. The van der Waals surface area contributed by atoms with E-state index in [0.717, 1.165) is 17.1 Å². The number of carbonyl (C=O) groups is 1. The molecule has 0 spiro atoms. The number of nitrogens with one attached hydrogen (secondary N) is 1. The first-order valence-electron chi connectivity index (χ1n) is 6.13. The average Bonchev–Trinajstić information content (AvgIpc) is 2.91. The zero-order chi connectivity index (χ0) is 15.2. The summed E-state index contributed by atoms with van der Waals surface area (Å²) in [5, 5.41) is 6.61. The Morgan fingerprint density at radius 1 is 1.52 bits per heavy atom. The van der Waals surface area contributed by atoms with E-state index in [1.807, 2.05) is 0 Å². The van der Waals surface area contributed by atoms with E-state index in [1.165, 1.54) is 7.11 Å². The third-order valence-electron chi connectivity index (χ3n) is 2.64. The van der Waals surface area contributed by atoms with Crippen LogP contribution >= 0.6 is 11.5 Å². The highest BCUT2D eigenvalue weighted by atomic mass is 32.1. The molecule has 108 valence electrons. The second-order valence-corrected chi connectivity index (χ2v) is 4.82. The molecule has 0 atom stereocenters. The van der Waals surface area contributed by atoms with E-state index in [4.69, 9.17) is 10.5 Å². The minimum absolute atomic E-state index is 0.273. The standard InChI is InChI=1S/C14H14N4O2S/c1-9-13(21-18-17-9)14(19)16-11-8-10(4-3-7-15)5-6-12(11)20-2/h5-6,8H,7,15H2,1-2H3,(H,16,19). The highest BCUT2D eigenvalue weighted by Gasteiger charge is 2.15. The quantitative estimate of drug-likeness (QED) is 0.837. The lowest BCUT2D eigenvalue weighted by Gasteiger charge is -2.10. The Hall–Kier alpha value is -2.43. The molecule has 7 heteroatoms. The lowest BCUT2D eigenvalue weighted by molar-refractivity contribution is 0.102. The smallest absolute Gasteiger partial charge is 0.269 e. The number of hydrogen-bond acceptors (Lipinski definition) is 6. The van der Waals surface area contributed by atoms with Crippen molar-refractivity contribution in [2.24, 2.45) is 5.73 Å². The summed E-state index contributed by atoms with van der Waals surface area (Å²) in [5.41, 5.74) is 7.23. The number of nitrogens with zero attached hydrogens (tertiary/aromatic N) is 2. The zero-order valence-electron chi connectivity index (χ0n) is 11.6. The van der Waals surface area contributed by atoms with Gasteiger partial charge in [-0.1, -0.05) is 16.3 Å². The molecule has 3 N–H and O–H groups in total. The van der Waals surface area contributed by atoms with Crippen LogP contribution in [0.1, 0.15) is 20.9 Å². The monoisotopic (exact) mass is 302 g/mol. The molecule has 1 aromatic carbocycles. The molecule has 0 radical (unpaired) electrons. The summed E-state index contributed by atoms with van der Waals surface area (Å²) >= 11 is 1.05. The van der Waals surface area contributed by atoms with Crippen molar-refractivity contribution in [3.8, 4) is 17.6 Å². The van der Waals surface area contributed by atoms with Crippen molar-refractivity contribution in [1.29, 1.82) is 0 Å². The molecule has 2 rings (SSSR count). The fourth-order valence-electron chi connectivity index (χ4n) is 1.66. The summed E-state index contributed by atoms with van der Waals surface area (Å²) in [6.45, 7) is 2.01. The maximum atomic E-state index is 12.2. The van der Waals surface area contributed by atoms with Crippen LogP contribution in [0.3, 0.4) is 0 Å². The van der Waals surface area contributed by atoms with Crippen molar-refractivity contribution < 1.29 is 9.53 Å². The number of aryl methyl sites for hydroxylation is 1. The SMILES string of the molecule is COc1ccc(C#CCN)cc1NC(=O)c1snnc1C. The predicted octanol–water partition coefficient (Wildman–Crippen LogP) is 1.42. The first-order chi connectivity index (χ1) is 10.2. The van der Waals surface area contributed by atoms with Crippen LogP contribution in [0.4, 0.5) is 5.69 Å². The van der Waals surface area contributed by atoms with E-state index >= 15 is 0 Å². The van der Waals surface area contributed by atoms with Crippen molar-refractivity contribution in [2.75, 3.05) is 19.0 Å². The molecular formula is C14H14N4O2S. The summed E-state index contributed by atoms with van der Waals surface area (Å²) < 4.78 is 8.99. The number of anilines is 1. The Labute approximate surface area is 126 Å². The van der Waals surface area contributed by atoms with Crippen LogP contribution in [-0.4, -0.2) is 29.1 Å². The lowest BCUT2D eigenvalue weighted by atomic mass is 10.2. The molecule has 2 aromatic rings. The molecule has 1 amide bonds. The second kappa shape index (κ2) is 6.83. The van der Waals surface area contributed by atoms with Crippen molar-refractivity contribution >= 4 is 23.1 Å². The summed E-state index contributed by atoms with van der Waals surface area (Å²) in [6, 6.07) is 5.29. The molecule has 0 aliphatic rings. The summed E-state index contributed by atoms with van der Waals surface area (Å²) in [5.74, 6) is 5.96. The number of carbonyl (C=O) groups excluding carboxylic acids is 1. The molecule has 0 aliphatic carbocycles. The van der Waals surface area contributed by atoms with Gasteiger partial charge in [-0.05, 0) is 36.7 Å². The van der Waals surface area contributed by atoms with E-state index in [-0.39, 0.29) is 12.5 Å². The van der Waals surface area contributed by atoms with E-state index in [0.29, 0.717) is 22.0 Å². The van der Waals surface area contributed by atoms with Gasteiger partial charge in [-0.25, -0.2) is 0 Å². The fourth-order valence-corrected chi connectivity index (χ4v) is 2.21. The van der Waals surface area contributed by atoms with E-state index < -0.39 is 0 Å². The Balaban J connectivity index is 2.29. The average molecular weight is 302 g/mol. The molecule has 1 aromatic heterocycles. The largest absolute Gasteiger partial charge is 0.495 e. The lowest BCUT2D eigenvalue weighted by Crippen LogP contribution is -2.12. The number of ether oxygens (including phenoxy) is 1. The maximum absolute atomic E-state index is 12.2. The van der Waals surface area contributed by atoms with Crippen molar-refractivity contribution in [3.63, 3.8) is 0 Å². The summed E-state index contributed by atoms with van der Waals surface area (Å²) in [4.78, 5) is 12.7. The molecule has 6 nitrogen and oxygen atoms in total. The van der Waals surface area contributed by atoms with Crippen molar-refractivity contribution in [1.82, 2.24) is 9.59 Å². The number of amides is 1. The normalized spacial score (nSPS) is 9.67. The molecule has 0 aliphatic heterocycles. The highest BCUT2D eigenvalue weighted by molar-refractivity contribution is 7.08. The second-order valence-electron chi connectivity index (χ2n) is 4.06. The Morgan fingerprint density at radius 2 is 2.33 bits per heavy atom. The molecule has 0 saturated carbocycles. The van der Waals surface area contributed by atoms with Gasteiger partial charge in [0.25, 0.3) is 5.91 Å². The topological polar surface area (TPSA) is 90.1 Å². The summed E-state index contributed by atoms with van der Waals surface area (Å²) in [7, 11) is 1.54. The van der Waals surface area contributed by atoms with Gasteiger partial charge in [-0.2, -0.15) is 0 Å². The van der Waals surface area contributed by atoms with Crippen LogP contribution in [0.25, 0.3) is 0 Å².